The molecule has 7 nitrogen and oxygen atoms in total. The summed E-state index contributed by atoms with van der Waals surface area (Å²) >= 11 is 6.24. The van der Waals surface area contributed by atoms with Crippen LogP contribution in [0.4, 0.5) is 4.39 Å². The van der Waals surface area contributed by atoms with Gasteiger partial charge in [-0.05, 0) is 49.7 Å². The molecule has 4 rings (SSSR count). The third kappa shape index (κ3) is 4.90. The van der Waals surface area contributed by atoms with Gasteiger partial charge in [-0.25, -0.2) is 14.2 Å². The number of halogens is 2. The fraction of sp³-hybridized carbons (Fsp3) is 0.208. The Hall–Kier alpha value is -3.65. The number of nitrogens with zero attached hydrogens (tertiary/aromatic N) is 2. The lowest BCUT2D eigenvalue weighted by atomic mass is 10.0. The van der Waals surface area contributed by atoms with E-state index in [1.165, 1.54) is 37.3 Å². The number of aryl methyl sites for hydroxylation is 1. The molecule has 0 amide bonds. The molecule has 2 aromatic heterocycles. The number of pyridine rings is 1. The normalized spacial score (nSPS) is 12.0. The van der Waals surface area contributed by atoms with Gasteiger partial charge < -0.3 is 19.1 Å². The average molecular weight is 471 g/mol. The Morgan fingerprint density at radius 1 is 1.21 bits per heavy atom. The first-order valence-electron chi connectivity index (χ1n) is 10.3. The second-order valence-corrected chi connectivity index (χ2v) is 7.77. The second kappa shape index (κ2) is 9.46. The number of carbonyl (C=O) groups is 1. The minimum absolute atomic E-state index is 0.213. The maximum Gasteiger partial charge on any atom is 0.344 e. The van der Waals surface area contributed by atoms with E-state index in [0.717, 1.165) is 17.7 Å². The maximum absolute atomic E-state index is 13.2. The molecule has 0 radical (unpaired) electrons. The molecule has 0 aliphatic heterocycles. The smallest absolute Gasteiger partial charge is 0.344 e. The van der Waals surface area contributed by atoms with Crippen molar-refractivity contribution in [3.8, 4) is 28.6 Å². The molecule has 33 heavy (non-hydrogen) atoms. The van der Waals surface area contributed by atoms with Gasteiger partial charge in [-0.2, -0.15) is 0 Å². The van der Waals surface area contributed by atoms with Gasteiger partial charge in [0.1, 0.15) is 23.0 Å². The third-order valence-electron chi connectivity index (χ3n) is 4.90. The van der Waals surface area contributed by atoms with Crippen molar-refractivity contribution >= 4 is 28.5 Å². The quantitative estimate of drug-likeness (QED) is 0.324. The van der Waals surface area contributed by atoms with Crippen molar-refractivity contribution in [2.45, 2.75) is 32.8 Å². The van der Waals surface area contributed by atoms with E-state index in [1.54, 1.807) is 12.1 Å². The van der Waals surface area contributed by atoms with Crippen LogP contribution in [-0.2, 0) is 11.2 Å². The van der Waals surface area contributed by atoms with Crippen molar-refractivity contribution in [2.24, 2.45) is 0 Å². The largest absolute Gasteiger partial charge is 0.479 e. The van der Waals surface area contributed by atoms with E-state index in [4.69, 9.17) is 30.7 Å². The first-order valence-corrected chi connectivity index (χ1v) is 10.7. The number of ether oxygens (including phenoxy) is 2. The summed E-state index contributed by atoms with van der Waals surface area (Å²) in [5, 5.41) is 14.2. The van der Waals surface area contributed by atoms with Gasteiger partial charge >= 0.3 is 5.97 Å². The molecule has 1 N–H and O–H groups in total. The standard InChI is InChI=1S/C24H20ClFN2O5/c1-3-4-19-16(9-10-22(27-19)32-15-7-5-14(26)6-8-15)23-17-11-21(31-13(2)24(29)30)18(25)12-20(17)33-28-23/h5-13H,3-4H2,1-2H3,(H,29,30)/t13-/m0/s1. The highest BCUT2D eigenvalue weighted by Gasteiger charge is 2.20. The van der Waals surface area contributed by atoms with Gasteiger partial charge in [-0.3, -0.25) is 0 Å². The lowest BCUT2D eigenvalue weighted by Gasteiger charge is -2.12. The number of hydrogen-bond acceptors (Lipinski definition) is 6. The number of hydrogen-bond donors (Lipinski definition) is 1. The van der Waals surface area contributed by atoms with E-state index in [9.17, 15) is 9.18 Å². The van der Waals surface area contributed by atoms with Crippen LogP contribution in [0.2, 0.25) is 5.02 Å². The van der Waals surface area contributed by atoms with Gasteiger partial charge in [0.2, 0.25) is 5.88 Å². The molecule has 0 spiro atoms. The summed E-state index contributed by atoms with van der Waals surface area (Å²) in [5.74, 6) is -0.414. The zero-order valence-electron chi connectivity index (χ0n) is 17.8. The van der Waals surface area contributed by atoms with Gasteiger partial charge in [0.25, 0.3) is 0 Å². The lowest BCUT2D eigenvalue weighted by Crippen LogP contribution is -2.22. The molecule has 0 saturated carbocycles. The fourth-order valence-corrected chi connectivity index (χ4v) is 3.47. The number of aromatic nitrogens is 2. The Kier molecular flexibility index (Phi) is 6.46. The Morgan fingerprint density at radius 3 is 2.67 bits per heavy atom. The number of rotatable bonds is 8. The van der Waals surface area contributed by atoms with E-state index < -0.39 is 12.1 Å². The third-order valence-corrected chi connectivity index (χ3v) is 5.20. The molecule has 4 aromatic rings. The van der Waals surface area contributed by atoms with E-state index in [0.29, 0.717) is 34.7 Å². The molecule has 9 heteroatoms. The Bertz CT molecular complexity index is 1310. The second-order valence-electron chi connectivity index (χ2n) is 7.36. The van der Waals surface area contributed by atoms with E-state index in [1.807, 2.05) is 13.0 Å². The first-order chi connectivity index (χ1) is 15.9. The Balaban J connectivity index is 1.73. The molecule has 0 unspecified atom stereocenters. The number of carboxylic acids is 1. The highest BCUT2D eigenvalue weighted by atomic mass is 35.5. The van der Waals surface area contributed by atoms with Crippen LogP contribution >= 0.6 is 11.6 Å². The molecule has 0 saturated heterocycles. The molecule has 170 valence electrons. The maximum atomic E-state index is 13.2. The van der Waals surface area contributed by atoms with Crippen molar-refractivity contribution in [2.75, 3.05) is 0 Å². The van der Waals surface area contributed by atoms with E-state index in [2.05, 4.69) is 10.1 Å². The minimum Gasteiger partial charge on any atom is -0.479 e. The van der Waals surface area contributed by atoms with Crippen LogP contribution in [0.1, 0.15) is 26.0 Å². The van der Waals surface area contributed by atoms with Crippen molar-refractivity contribution in [3.05, 3.63) is 65.1 Å². The molecule has 0 aliphatic carbocycles. The summed E-state index contributed by atoms with van der Waals surface area (Å²) in [6, 6.07) is 12.3. The first kappa shape index (κ1) is 22.5. The van der Waals surface area contributed by atoms with Gasteiger partial charge in [-0.15, -0.1) is 0 Å². The molecule has 1 atom stereocenters. The Morgan fingerprint density at radius 2 is 1.97 bits per heavy atom. The van der Waals surface area contributed by atoms with Crippen LogP contribution in [0.15, 0.2) is 53.1 Å². The molecule has 2 aromatic carbocycles. The van der Waals surface area contributed by atoms with Crippen LogP contribution in [-0.4, -0.2) is 27.3 Å². The summed E-state index contributed by atoms with van der Waals surface area (Å²) < 4.78 is 29.9. The number of fused-ring (bicyclic) bond motifs is 1. The zero-order chi connectivity index (χ0) is 23.5. The van der Waals surface area contributed by atoms with E-state index >= 15 is 0 Å². The van der Waals surface area contributed by atoms with Crippen molar-refractivity contribution < 1.29 is 28.3 Å². The predicted octanol–water partition coefficient (Wildman–Crippen LogP) is 6.28. The SMILES string of the molecule is CCCc1nc(Oc2ccc(F)cc2)ccc1-c1noc2cc(Cl)c(O[C@@H](C)C(=O)O)cc12. The average Bonchev–Trinajstić information content (AvgIpc) is 3.18. The van der Waals surface area contributed by atoms with Crippen LogP contribution in [0.5, 0.6) is 17.4 Å². The summed E-state index contributed by atoms with van der Waals surface area (Å²) in [6.07, 6.45) is 0.395. The molecule has 0 fully saturated rings. The predicted molar refractivity (Wildman–Crippen MR) is 120 cm³/mol. The summed E-state index contributed by atoms with van der Waals surface area (Å²) in [4.78, 5) is 15.8. The number of carboxylic acid groups (broad SMARTS) is 1. The molecule has 2 heterocycles. The van der Waals surface area contributed by atoms with Gasteiger partial charge in [-0.1, -0.05) is 30.1 Å². The number of benzene rings is 2. The van der Waals surface area contributed by atoms with Crippen molar-refractivity contribution in [1.82, 2.24) is 10.1 Å². The summed E-state index contributed by atoms with van der Waals surface area (Å²) in [7, 11) is 0. The number of aliphatic carboxylic acids is 1. The van der Waals surface area contributed by atoms with Crippen LogP contribution in [0.25, 0.3) is 22.2 Å². The minimum atomic E-state index is -1.11. The summed E-state index contributed by atoms with van der Waals surface area (Å²) in [5.41, 5.74) is 2.43. The van der Waals surface area contributed by atoms with Crippen LogP contribution in [0, 0.1) is 5.82 Å². The molecular formula is C24H20ClFN2O5. The molecular weight excluding hydrogens is 451 g/mol. The van der Waals surface area contributed by atoms with Crippen molar-refractivity contribution in [3.63, 3.8) is 0 Å². The van der Waals surface area contributed by atoms with Gasteiger partial charge in [0.05, 0.1) is 16.1 Å². The zero-order valence-corrected chi connectivity index (χ0v) is 18.6. The highest BCUT2D eigenvalue weighted by Crippen LogP contribution is 2.37. The molecule has 0 bridgehead atoms. The molecule has 0 aliphatic rings. The highest BCUT2D eigenvalue weighted by molar-refractivity contribution is 6.32. The van der Waals surface area contributed by atoms with Gasteiger partial charge in [0, 0.05) is 17.7 Å². The monoisotopic (exact) mass is 470 g/mol. The van der Waals surface area contributed by atoms with Crippen LogP contribution < -0.4 is 9.47 Å². The fourth-order valence-electron chi connectivity index (χ4n) is 3.27. The Labute approximate surface area is 193 Å². The topological polar surface area (TPSA) is 94.7 Å². The summed E-state index contributed by atoms with van der Waals surface area (Å²) in [6.45, 7) is 3.44. The van der Waals surface area contributed by atoms with Crippen molar-refractivity contribution in [1.29, 1.82) is 0 Å². The lowest BCUT2D eigenvalue weighted by molar-refractivity contribution is -0.144. The van der Waals surface area contributed by atoms with Gasteiger partial charge in [0.15, 0.2) is 11.7 Å². The van der Waals surface area contributed by atoms with E-state index in [-0.39, 0.29) is 16.6 Å². The van der Waals surface area contributed by atoms with Crippen LogP contribution in [0.3, 0.4) is 0 Å².